The normalized spacial score (nSPS) is 18.1. The van der Waals surface area contributed by atoms with Crippen LogP contribution in [-0.4, -0.2) is 54.0 Å². The molecule has 1 saturated carbocycles. The van der Waals surface area contributed by atoms with Gasteiger partial charge in [0.1, 0.15) is 23.3 Å². The lowest BCUT2D eigenvalue weighted by Crippen LogP contribution is -2.52. The van der Waals surface area contributed by atoms with Gasteiger partial charge >= 0.3 is 0 Å². The Bertz CT molecular complexity index is 1230. The van der Waals surface area contributed by atoms with E-state index in [-0.39, 0.29) is 29.0 Å². The second-order valence-electron chi connectivity index (χ2n) is 8.98. The number of hydrogen-bond donors (Lipinski definition) is 1. The number of hydrogen-bond acceptors (Lipinski definition) is 5. The van der Waals surface area contributed by atoms with Gasteiger partial charge in [-0.3, -0.25) is 14.4 Å². The summed E-state index contributed by atoms with van der Waals surface area (Å²) in [5, 5.41) is 2.99. The van der Waals surface area contributed by atoms with Crippen molar-refractivity contribution < 1.29 is 27.2 Å². The summed E-state index contributed by atoms with van der Waals surface area (Å²) in [6.45, 7) is 0.778. The Morgan fingerprint density at radius 1 is 1.09 bits per heavy atom. The van der Waals surface area contributed by atoms with Crippen molar-refractivity contribution >= 4 is 27.7 Å². The number of nitrogens with one attached hydrogen (secondary N) is 1. The van der Waals surface area contributed by atoms with E-state index < -0.39 is 40.2 Å². The summed E-state index contributed by atoms with van der Waals surface area (Å²) in [5.41, 5.74) is 0.574. The van der Waals surface area contributed by atoms with Gasteiger partial charge in [-0.1, -0.05) is 43.5 Å². The maximum Gasteiger partial charge on any atom is 0.269 e. The van der Waals surface area contributed by atoms with E-state index in [1.165, 1.54) is 47.4 Å². The molecule has 1 heterocycles. The molecule has 8 nitrogen and oxygen atoms in total. The lowest BCUT2D eigenvalue weighted by Gasteiger charge is -2.32. The first kappa shape index (κ1) is 24.8. The van der Waals surface area contributed by atoms with E-state index in [1.807, 2.05) is 0 Å². The van der Waals surface area contributed by atoms with E-state index in [4.69, 9.17) is 0 Å². The molecule has 3 amide bonds. The summed E-state index contributed by atoms with van der Waals surface area (Å²) in [6.07, 6.45) is 4.89. The van der Waals surface area contributed by atoms with Gasteiger partial charge in [0.05, 0.1) is 5.56 Å². The largest absolute Gasteiger partial charge is 0.352 e. The number of sulfonamides is 1. The fourth-order valence-corrected chi connectivity index (χ4v) is 6.06. The highest BCUT2D eigenvalue weighted by molar-refractivity contribution is 7.90. The lowest BCUT2D eigenvalue weighted by molar-refractivity contribution is -0.140. The third-order valence-electron chi connectivity index (χ3n) is 6.58. The number of fused-ring (bicyclic) bond motifs is 1. The van der Waals surface area contributed by atoms with Crippen LogP contribution in [0, 0.1) is 5.82 Å². The molecule has 1 N–H and O–H groups in total. The van der Waals surface area contributed by atoms with E-state index in [2.05, 4.69) is 5.32 Å². The molecule has 0 aromatic heterocycles. The molecule has 2 aromatic carbocycles. The molecule has 1 atom stereocenters. The molecule has 1 aliphatic carbocycles. The number of carbonyl (C=O) groups is 3. The SMILES string of the molecule is C[C@H](C(=O)NC1CCCCC1)N(Cc1ccc(F)cc1)C(=O)CN1C(=O)c2ccccc2S1(=O)=O. The standard InChI is InChI=1S/C25H28FN3O5S/c1-17(24(31)27-20-7-3-2-4-8-20)28(15-18-11-13-19(26)14-12-18)23(30)16-29-25(32)21-9-5-6-10-22(21)35(29,33)34/h5-6,9-14,17,20H,2-4,7-8,15-16H2,1H3,(H,27,31)/t17-/m1/s1. The monoisotopic (exact) mass is 501 g/mol. The van der Waals surface area contributed by atoms with Gasteiger partial charge in [-0.15, -0.1) is 0 Å². The van der Waals surface area contributed by atoms with Crippen LogP contribution in [0.1, 0.15) is 54.9 Å². The minimum atomic E-state index is -4.19. The van der Waals surface area contributed by atoms with E-state index in [9.17, 15) is 27.2 Å². The molecule has 10 heteroatoms. The van der Waals surface area contributed by atoms with E-state index in [1.54, 1.807) is 13.0 Å². The van der Waals surface area contributed by atoms with Gasteiger partial charge in [0.15, 0.2) is 0 Å². The highest BCUT2D eigenvalue weighted by atomic mass is 32.2. The average molecular weight is 502 g/mol. The molecule has 0 radical (unpaired) electrons. The zero-order chi connectivity index (χ0) is 25.2. The predicted octanol–water partition coefficient (Wildman–Crippen LogP) is 2.84. The molecule has 1 aliphatic heterocycles. The van der Waals surface area contributed by atoms with Gasteiger partial charge in [0.2, 0.25) is 11.8 Å². The molecule has 0 spiro atoms. The minimum Gasteiger partial charge on any atom is -0.352 e. The van der Waals surface area contributed by atoms with Crippen molar-refractivity contribution in [2.24, 2.45) is 0 Å². The van der Waals surface area contributed by atoms with Gasteiger partial charge in [0, 0.05) is 12.6 Å². The molecule has 35 heavy (non-hydrogen) atoms. The number of nitrogens with zero attached hydrogens (tertiary/aromatic N) is 2. The Hall–Kier alpha value is -3.27. The minimum absolute atomic E-state index is 0.00785. The second-order valence-corrected chi connectivity index (χ2v) is 10.8. The molecule has 186 valence electrons. The van der Waals surface area contributed by atoms with Crippen molar-refractivity contribution in [2.45, 2.75) is 62.6 Å². The summed E-state index contributed by atoms with van der Waals surface area (Å²) in [4.78, 5) is 40.3. The van der Waals surface area contributed by atoms with E-state index in [0.29, 0.717) is 9.87 Å². The van der Waals surface area contributed by atoms with Crippen LogP contribution in [0.3, 0.4) is 0 Å². The van der Waals surface area contributed by atoms with Crippen molar-refractivity contribution in [2.75, 3.05) is 6.54 Å². The van der Waals surface area contributed by atoms with E-state index in [0.717, 1.165) is 32.1 Å². The van der Waals surface area contributed by atoms with Crippen LogP contribution >= 0.6 is 0 Å². The maximum absolute atomic E-state index is 13.4. The molecule has 0 unspecified atom stereocenters. The molecule has 2 aliphatic rings. The number of rotatable bonds is 7. The lowest BCUT2D eigenvalue weighted by atomic mass is 9.95. The Kier molecular flexibility index (Phi) is 7.20. The van der Waals surface area contributed by atoms with Crippen molar-refractivity contribution in [1.29, 1.82) is 0 Å². The zero-order valence-corrected chi connectivity index (χ0v) is 20.3. The Balaban J connectivity index is 1.56. The summed E-state index contributed by atoms with van der Waals surface area (Å²) >= 11 is 0. The molecule has 1 fully saturated rings. The fourth-order valence-electron chi connectivity index (χ4n) is 4.54. The van der Waals surface area contributed by atoms with Crippen molar-refractivity contribution in [3.05, 3.63) is 65.5 Å². The van der Waals surface area contributed by atoms with E-state index >= 15 is 0 Å². The smallest absolute Gasteiger partial charge is 0.269 e. The topological polar surface area (TPSA) is 104 Å². The van der Waals surface area contributed by atoms with Gasteiger partial charge in [-0.25, -0.2) is 17.1 Å². The zero-order valence-electron chi connectivity index (χ0n) is 19.4. The van der Waals surface area contributed by atoms with Crippen LogP contribution in [0.4, 0.5) is 4.39 Å². The van der Waals surface area contributed by atoms with Crippen LogP contribution in [0.15, 0.2) is 53.4 Å². The quantitative estimate of drug-likeness (QED) is 0.628. The molecule has 2 aromatic rings. The molecular formula is C25H28FN3O5S. The third kappa shape index (κ3) is 5.22. The number of amides is 3. The van der Waals surface area contributed by atoms with Crippen LogP contribution < -0.4 is 5.32 Å². The average Bonchev–Trinajstić information content (AvgIpc) is 3.04. The highest BCUT2D eigenvalue weighted by Crippen LogP contribution is 2.30. The third-order valence-corrected chi connectivity index (χ3v) is 8.36. The van der Waals surface area contributed by atoms with Gasteiger partial charge in [-0.05, 0) is 49.6 Å². The predicted molar refractivity (Wildman–Crippen MR) is 126 cm³/mol. The van der Waals surface area contributed by atoms with Gasteiger partial charge in [0.25, 0.3) is 15.9 Å². The number of benzene rings is 2. The van der Waals surface area contributed by atoms with Crippen LogP contribution in [0.2, 0.25) is 0 Å². The fraction of sp³-hybridized carbons (Fsp3) is 0.400. The molecule has 0 bridgehead atoms. The molecular weight excluding hydrogens is 473 g/mol. The van der Waals surface area contributed by atoms with Crippen LogP contribution in [-0.2, 0) is 26.2 Å². The number of carbonyl (C=O) groups excluding carboxylic acids is 3. The first-order valence-electron chi connectivity index (χ1n) is 11.7. The summed E-state index contributed by atoms with van der Waals surface area (Å²) in [5.74, 6) is -2.28. The highest BCUT2D eigenvalue weighted by Gasteiger charge is 2.43. The number of halogens is 1. The van der Waals surface area contributed by atoms with Crippen molar-refractivity contribution in [1.82, 2.24) is 14.5 Å². The Morgan fingerprint density at radius 2 is 1.74 bits per heavy atom. The van der Waals surface area contributed by atoms with Crippen LogP contribution in [0.5, 0.6) is 0 Å². The van der Waals surface area contributed by atoms with Crippen molar-refractivity contribution in [3.63, 3.8) is 0 Å². The molecule has 0 saturated heterocycles. The summed E-state index contributed by atoms with van der Waals surface area (Å²) in [6, 6.07) is 10.4. The van der Waals surface area contributed by atoms with Crippen molar-refractivity contribution in [3.8, 4) is 0 Å². The summed E-state index contributed by atoms with van der Waals surface area (Å²) in [7, 11) is -4.19. The first-order valence-corrected chi connectivity index (χ1v) is 13.1. The second kappa shape index (κ2) is 10.2. The molecule has 4 rings (SSSR count). The summed E-state index contributed by atoms with van der Waals surface area (Å²) < 4.78 is 39.8. The van der Waals surface area contributed by atoms with Gasteiger partial charge < -0.3 is 10.2 Å². The first-order chi connectivity index (χ1) is 16.7. The van der Waals surface area contributed by atoms with Gasteiger partial charge in [-0.2, -0.15) is 0 Å². The Labute approximate surface area is 204 Å². The Morgan fingerprint density at radius 3 is 2.40 bits per heavy atom. The van der Waals surface area contributed by atoms with Crippen LogP contribution in [0.25, 0.3) is 0 Å². The maximum atomic E-state index is 13.4.